The first-order valence-electron chi connectivity index (χ1n) is 10.7. The zero-order valence-corrected chi connectivity index (χ0v) is 18.4. The second-order valence-electron chi connectivity index (χ2n) is 8.60. The standard InChI is InChI=1S/C23H20N8O3/c1-10-14(7-18-21(26-10)28-23(33)34-18)11-3-12-5-19(29-30-20(12)17(24)4-11)27-22(32)16-6-15(16)13-8-25-31(2)9-13/h3-5,7-9,15-16H,6,24H2,1-2H3,(H,26,28,33)(H,27,29,32)/t15-,16+/m1/s1. The van der Waals surface area contributed by atoms with Crippen LogP contribution < -0.4 is 16.8 Å². The van der Waals surface area contributed by atoms with Crippen LogP contribution in [0.15, 0.2) is 45.9 Å². The molecule has 170 valence electrons. The van der Waals surface area contributed by atoms with E-state index < -0.39 is 5.76 Å². The highest BCUT2D eigenvalue weighted by Crippen LogP contribution is 2.47. The summed E-state index contributed by atoms with van der Waals surface area (Å²) in [4.78, 5) is 31.2. The Kier molecular flexibility index (Phi) is 4.28. The molecule has 4 heterocycles. The molecule has 4 aromatic heterocycles. The summed E-state index contributed by atoms with van der Waals surface area (Å²) >= 11 is 0. The number of hydrogen-bond donors (Lipinski definition) is 3. The number of pyridine rings is 1. The van der Waals surface area contributed by atoms with Crippen LogP contribution in [0.3, 0.4) is 0 Å². The monoisotopic (exact) mass is 456 g/mol. The van der Waals surface area contributed by atoms with Crippen molar-refractivity contribution in [2.24, 2.45) is 13.0 Å². The zero-order chi connectivity index (χ0) is 23.6. The van der Waals surface area contributed by atoms with Crippen LogP contribution in [-0.2, 0) is 11.8 Å². The molecule has 5 aromatic rings. The summed E-state index contributed by atoms with van der Waals surface area (Å²) in [5.41, 5.74) is 11.3. The lowest BCUT2D eigenvalue weighted by Crippen LogP contribution is -2.16. The Morgan fingerprint density at radius 3 is 2.91 bits per heavy atom. The number of amides is 1. The normalized spacial score (nSPS) is 17.4. The number of nitrogens with one attached hydrogen (secondary N) is 2. The minimum atomic E-state index is -0.561. The molecular formula is C23H20N8O3. The first-order valence-corrected chi connectivity index (χ1v) is 10.7. The maximum atomic E-state index is 12.7. The molecular weight excluding hydrogens is 436 g/mol. The van der Waals surface area contributed by atoms with E-state index in [1.165, 1.54) is 0 Å². The van der Waals surface area contributed by atoms with Crippen LogP contribution in [0.5, 0.6) is 0 Å². The number of carbonyl (C=O) groups excluding carboxylic acids is 1. The van der Waals surface area contributed by atoms with Crippen LogP contribution >= 0.6 is 0 Å². The fourth-order valence-electron chi connectivity index (χ4n) is 4.37. The van der Waals surface area contributed by atoms with Gasteiger partial charge in [-0.2, -0.15) is 5.10 Å². The lowest BCUT2D eigenvalue weighted by molar-refractivity contribution is -0.117. The fourth-order valence-corrected chi connectivity index (χ4v) is 4.37. The average molecular weight is 456 g/mol. The predicted octanol–water partition coefficient (Wildman–Crippen LogP) is 2.49. The van der Waals surface area contributed by atoms with E-state index in [-0.39, 0.29) is 17.7 Å². The maximum Gasteiger partial charge on any atom is 0.418 e. The van der Waals surface area contributed by atoms with E-state index in [0.717, 1.165) is 28.5 Å². The van der Waals surface area contributed by atoms with Crippen molar-refractivity contribution in [3.63, 3.8) is 0 Å². The average Bonchev–Trinajstić information content (AvgIpc) is 3.35. The third-order valence-electron chi connectivity index (χ3n) is 6.16. The van der Waals surface area contributed by atoms with Crippen LogP contribution in [0.1, 0.15) is 23.6 Å². The number of aromatic amines is 1. The van der Waals surface area contributed by atoms with Gasteiger partial charge in [-0.05, 0) is 54.7 Å². The molecule has 34 heavy (non-hydrogen) atoms. The number of oxazole rings is 1. The molecule has 2 atom stereocenters. The van der Waals surface area contributed by atoms with E-state index >= 15 is 0 Å². The summed E-state index contributed by atoms with van der Waals surface area (Å²) in [5, 5.41) is 16.1. The lowest BCUT2D eigenvalue weighted by atomic mass is 10.0. The van der Waals surface area contributed by atoms with Crippen molar-refractivity contribution in [2.45, 2.75) is 19.3 Å². The summed E-state index contributed by atoms with van der Waals surface area (Å²) in [7, 11) is 1.86. The van der Waals surface area contributed by atoms with E-state index in [1.54, 1.807) is 29.1 Å². The Labute approximate surface area is 192 Å². The number of nitrogens with two attached hydrogens (primary N) is 1. The molecule has 11 nitrogen and oxygen atoms in total. The molecule has 1 fully saturated rings. The smallest absolute Gasteiger partial charge is 0.406 e. The number of rotatable bonds is 4. The van der Waals surface area contributed by atoms with Crippen molar-refractivity contribution in [1.82, 2.24) is 29.9 Å². The molecule has 1 amide bonds. The van der Waals surface area contributed by atoms with E-state index in [9.17, 15) is 9.59 Å². The maximum absolute atomic E-state index is 12.7. The summed E-state index contributed by atoms with van der Waals surface area (Å²) in [6.45, 7) is 1.84. The molecule has 0 aliphatic heterocycles. The molecule has 1 saturated carbocycles. The van der Waals surface area contributed by atoms with Gasteiger partial charge in [-0.3, -0.25) is 14.5 Å². The van der Waals surface area contributed by atoms with Crippen molar-refractivity contribution < 1.29 is 9.21 Å². The molecule has 6 rings (SSSR count). The highest BCUT2D eigenvalue weighted by molar-refractivity contribution is 5.99. The molecule has 1 aliphatic carbocycles. The highest BCUT2D eigenvalue weighted by Gasteiger charge is 2.44. The van der Waals surface area contributed by atoms with Crippen molar-refractivity contribution in [1.29, 1.82) is 0 Å². The van der Waals surface area contributed by atoms with Gasteiger partial charge in [-0.15, -0.1) is 10.2 Å². The van der Waals surface area contributed by atoms with Gasteiger partial charge in [0.25, 0.3) is 0 Å². The fraction of sp³-hybridized carbons (Fsp3) is 0.217. The summed E-state index contributed by atoms with van der Waals surface area (Å²) in [6, 6.07) is 7.17. The SMILES string of the molecule is Cc1nc2[nH]c(=O)oc2cc1-c1cc(N)c2nnc(NC(=O)[C@H]3C[C@@H]3c3cnn(C)c3)cc2c1. The van der Waals surface area contributed by atoms with E-state index in [2.05, 4.69) is 30.6 Å². The number of anilines is 2. The molecule has 4 N–H and O–H groups in total. The topological polar surface area (TPSA) is 158 Å². The van der Waals surface area contributed by atoms with E-state index in [1.807, 2.05) is 26.2 Å². The molecule has 11 heteroatoms. The van der Waals surface area contributed by atoms with Gasteiger partial charge in [0.2, 0.25) is 5.91 Å². The van der Waals surface area contributed by atoms with Crippen LogP contribution in [0.25, 0.3) is 33.3 Å². The van der Waals surface area contributed by atoms with Gasteiger partial charge in [0.15, 0.2) is 17.0 Å². The number of carbonyl (C=O) groups is 1. The molecule has 0 spiro atoms. The van der Waals surface area contributed by atoms with E-state index in [4.69, 9.17) is 10.2 Å². The molecule has 0 saturated heterocycles. The van der Waals surface area contributed by atoms with Gasteiger partial charge < -0.3 is 15.5 Å². The predicted molar refractivity (Wildman–Crippen MR) is 125 cm³/mol. The number of aryl methyl sites for hydroxylation is 2. The van der Waals surface area contributed by atoms with Crippen molar-refractivity contribution in [3.05, 3.63) is 58.5 Å². The number of nitrogens with zero attached hydrogens (tertiary/aromatic N) is 5. The van der Waals surface area contributed by atoms with Gasteiger partial charge in [-0.1, -0.05) is 0 Å². The minimum Gasteiger partial charge on any atom is -0.406 e. The summed E-state index contributed by atoms with van der Waals surface area (Å²) in [6.07, 6.45) is 4.51. The van der Waals surface area contributed by atoms with Gasteiger partial charge in [0.05, 0.1) is 11.9 Å². The van der Waals surface area contributed by atoms with Crippen molar-refractivity contribution in [2.75, 3.05) is 11.1 Å². The second kappa shape index (κ2) is 7.24. The molecule has 0 radical (unpaired) electrons. The number of benzene rings is 1. The number of H-pyrrole nitrogens is 1. The third-order valence-corrected chi connectivity index (χ3v) is 6.16. The number of hydrogen-bond acceptors (Lipinski definition) is 8. The number of fused-ring (bicyclic) bond motifs is 2. The van der Waals surface area contributed by atoms with Crippen LogP contribution in [0.4, 0.5) is 11.5 Å². The molecule has 1 aromatic carbocycles. The van der Waals surface area contributed by atoms with Gasteiger partial charge in [0.1, 0.15) is 5.52 Å². The van der Waals surface area contributed by atoms with Gasteiger partial charge in [-0.25, -0.2) is 9.78 Å². The zero-order valence-electron chi connectivity index (χ0n) is 18.4. The van der Waals surface area contributed by atoms with Crippen LogP contribution in [0.2, 0.25) is 0 Å². The first-order chi connectivity index (χ1) is 16.4. The van der Waals surface area contributed by atoms with Crippen molar-refractivity contribution in [3.8, 4) is 11.1 Å². The lowest BCUT2D eigenvalue weighted by Gasteiger charge is -2.10. The first kappa shape index (κ1) is 20.1. The van der Waals surface area contributed by atoms with Crippen LogP contribution in [0, 0.1) is 12.8 Å². The Morgan fingerprint density at radius 1 is 1.26 bits per heavy atom. The minimum absolute atomic E-state index is 0.0976. The number of nitrogen functional groups attached to an aromatic ring is 1. The largest absolute Gasteiger partial charge is 0.418 e. The second-order valence-corrected chi connectivity index (χ2v) is 8.60. The highest BCUT2D eigenvalue weighted by atomic mass is 16.4. The number of aromatic nitrogens is 6. The summed E-state index contributed by atoms with van der Waals surface area (Å²) < 4.78 is 6.89. The Hall–Kier alpha value is -4.54. The Bertz CT molecular complexity index is 1660. The van der Waals surface area contributed by atoms with Crippen molar-refractivity contribution >= 4 is 39.5 Å². The third kappa shape index (κ3) is 3.38. The molecule has 1 aliphatic rings. The van der Waals surface area contributed by atoms with E-state index in [0.29, 0.717) is 33.9 Å². The quantitative estimate of drug-likeness (QED) is 0.348. The van der Waals surface area contributed by atoms with Crippen LogP contribution in [-0.4, -0.2) is 35.9 Å². The summed E-state index contributed by atoms with van der Waals surface area (Å²) in [5.74, 6) is -0.251. The Balaban J connectivity index is 1.31. The Morgan fingerprint density at radius 2 is 2.12 bits per heavy atom. The molecule has 0 unspecified atom stereocenters. The van der Waals surface area contributed by atoms with Gasteiger partial charge in [0, 0.05) is 35.8 Å². The van der Waals surface area contributed by atoms with Gasteiger partial charge >= 0.3 is 5.76 Å². The molecule has 0 bridgehead atoms.